The Hall–Kier alpha value is -6.18. The van der Waals surface area contributed by atoms with Crippen molar-refractivity contribution in [3.63, 3.8) is 0 Å². The quantitative estimate of drug-likeness (QED) is 0.175. The van der Waals surface area contributed by atoms with Crippen LogP contribution in [0.25, 0.3) is 55.3 Å². The minimum atomic E-state index is -0.0921. The van der Waals surface area contributed by atoms with Crippen LogP contribution in [0.1, 0.15) is 49.9 Å². The van der Waals surface area contributed by atoms with E-state index >= 15 is 0 Å². The van der Waals surface area contributed by atoms with Gasteiger partial charge in [0.25, 0.3) is 0 Å². The van der Waals surface area contributed by atoms with Crippen molar-refractivity contribution in [2.75, 3.05) is 4.90 Å². The molecule has 0 amide bonds. The van der Waals surface area contributed by atoms with Crippen molar-refractivity contribution in [1.82, 2.24) is 0 Å². The van der Waals surface area contributed by atoms with Crippen LogP contribution >= 0.6 is 0 Å². The summed E-state index contributed by atoms with van der Waals surface area (Å²) in [6.07, 6.45) is 0. The third kappa shape index (κ3) is 4.77. The van der Waals surface area contributed by atoms with Crippen LogP contribution in [0, 0.1) is 0 Å². The second kappa shape index (κ2) is 11.7. The van der Waals surface area contributed by atoms with Crippen LogP contribution < -0.4 is 4.90 Å². The van der Waals surface area contributed by atoms with Crippen molar-refractivity contribution in [3.05, 3.63) is 198 Å². The number of benzene rings is 8. The summed E-state index contributed by atoms with van der Waals surface area (Å²) in [6, 6.07) is 65.1. The summed E-state index contributed by atoms with van der Waals surface area (Å²) in [7, 11) is 0. The molecule has 0 unspecified atom stereocenters. The molecular weight excluding hydrogens is 639 g/mol. The molecule has 0 saturated carbocycles. The number of hydrogen-bond acceptors (Lipinski definition) is 1. The molecule has 1 nitrogen and oxygen atoms in total. The minimum Gasteiger partial charge on any atom is -0.310 e. The average Bonchev–Trinajstić information content (AvgIpc) is 3.58. The molecule has 0 radical (unpaired) electrons. The number of anilines is 3. The van der Waals surface area contributed by atoms with Gasteiger partial charge in [0.2, 0.25) is 0 Å². The largest absolute Gasteiger partial charge is 0.310 e. The van der Waals surface area contributed by atoms with Crippen LogP contribution in [0.15, 0.2) is 176 Å². The molecule has 254 valence electrons. The molecule has 10 rings (SSSR count). The van der Waals surface area contributed by atoms with Gasteiger partial charge in [-0.15, -0.1) is 0 Å². The fourth-order valence-electron chi connectivity index (χ4n) is 9.39. The molecule has 8 aromatic carbocycles. The van der Waals surface area contributed by atoms with E-state index in [9.17, 15) is 0 Å². The average molecular weight is 680 g/mol. The highest BCUT2D eigenvalue weighted by molar-refractivity contribution is 6.05. The molecule has 0 heterocycles. The minimum absolute atomic E-state index is 0.0866. The van der Waals surface area contributed by atoms with Crippen LogP contribution in [-0.2, 0) is 10.8 Å². The second-order valence-corrected chi connectivity index (χ2v) is 15.8. The molecule has 2 aliphatic rings. The van der Waals surface area contributed by atoms with Crippen molar-refractivity contribution < 1.29 is 0 Å². The highest BCUT2D eigenvalue weighted by Crippen LogP contribution is 2.53. The van der Waals surface area contributed by atoms with Crippen molar-refractivity contribution in [2.24, 2.45) is 0 Å². The lowest BCUT2D eigenvalue weighted by atomic mass is 9.78. The number of nitrogens with zero attached hydrogens (tertiary/aromatic N) is 1. The first-order valence-corrected chi connectivity index (χ1v) is 18.8. The van der Waals surface area contributed by atoms with Gasteiger partial charge in [-0.3, -0.25) is 0 Å². The Morgan fingerprint density at radius 1 is 0.340 bits per heavy atom. The summed E-state index contributed by atoms with van der Waals surface area (Å²) in [5.74, 6) is 0. The van der Waals surface area contributed by atoms with Crippen LogP contribution in [0.5, 0.6) is 0 Å². The molecular formula is C52H41N. The molecule has 0 saturated heterocycles. The predicted octanol–water partition coefficient (Wildman–Crippen LogP) is 14.3. The van der Waals surface area contributed by atoms with Gasteiger partial charge in [0, 0.05) is 27.9 Å². The van der Waals surface area contributed by atoms with E-state index in [2.05, 4.69) is 209 Å². The van der Waals surface area contributed by atoms with Gasteiger partial charge in [0.05, 0.1) is 0 Å². The van der Waals surface area contributed by atoms with E-state index in [0.29, 0.717) is 0 Å². The standard InChI is InChI=1S/C52H41N/c1-51(2)46-19-10-8-16-42(46)44-32-30-40(33-48(44)51)53(38-26-21-35(22-27-38)34-13-6-5-7-14-34)39-28-23-36(24-29-39)41-18-12-15-37-25-31-45-43-17-9-11-20-47(43)52(3,4)50(45)49(37)41/h5-33H,1-4H3. The second-order valence-electron chi connectivity index (χ2n) is 15.8. The van der Waals surface area contributed by atoms with E-state index in [1.54, 1.807) is 0 Å². The van der Waals surface area contributed by atoms with Gasteiger partial charge in [-0.05, 0) is 114 Å². The van der Waals surface area contributed by atoms with Crippen LogP contribution in [0.2, 0.25) is 0 Å². The molecule has 2 aliphatic carbocycles. The van der Waals surface area contributed by atoms with Crippen molar-refractivity contribution >= 4 is 27.8 Å². The zero-order valence-corrected chi connectivity index (χ0v) is 30.7. The Morgan fingerprint density at radius 2 is 0.849 bits per heavy atom. The topological polar surface area (TPSA) is 3.24 Å². The molecule has 0 aliphatic heterocycles. The summed E-state index contributed by atoms with van der Waals surface area (Å²) in [6.45, 7) is 9.48. The zero-order chi connectivity index (χ0) is 35.9. The Bertz CT molecular complexity index is 2700. The number of fused-ring (bicyclic) bond motifs is 8. The van der Waals surface area contributed by atoms with E-state index in [4.69, 9.17) is 0 Å². The molecule has 1 heteroatoms. The zero-order valence-electron chi connectivity index (χ0n) is 30.7. The summed E-state index contributed by atoms with van der Waals surface area (Å²) in [4.78, 5) is 2.42. The Balaban J connectivity index is 1.10. The molecule has 0 aromatic heterocycles. The van der Waals surface area contributed by atoms with Crippen molar-refractivity contribution in [1.29, 1.82) is 0 Å². The lowest BCUT2D eigenvalue weighted by molar-refractivity contribution is 0.660. The van der Waals surface area contributed by atoms with Gasteiger partial charge in [0.1, 0.15) is 0 Å². The highest BCUT2D eigenvalue weighted by Gasteiger charge is 2.38. The fourth-order valence-corrected chi connectivity index (χ4v) is 9.39. The third-order valence-electron chi connectivity index (χ3n) is 12.1. The first kappa shape index (κ1) is 31.5. The summed E-state index contributed by atoms with van der Waals surface area (Å²) < 4.78 is 0. The predicted molar refractivity (Wildman–Crippen MR) is 225 cm³/mol. The monoisotopic (exact) mass is 679 g/mol. The van der Waals surface area contributed by atoms with E-state index in [1.165, 1.54) is 77.5 Å². The molecule has 0 bridgehead atoms. The molecule has 0 N–H and O–H groups in total. The van der Waals surface area contributed by atoms with E-state index in [1.807, 2.05) is 0 Å². The first-order chi connectivity index (χ1) is 25.8. The van der Waals surface area contributed by atoms with Gasteiger partial charge < -0.3 is 4.90 Å². The SMILES string of the molecule is CC1(C)c2ccccc2-c2ccc(N(c3ccc(-c4ccccc4)cc3)c3ccc(-c4cccc5ccc6c(c45)C(C)(C)c4ccccc4-6)cc3)cc21. The smallest absolute Gasteiger partial charge is 0.0465 e. The van der Waals surface area contributed by atoms with Gasteiger partial charge in [0.15, 0.2) is 0 Å². The Kier molecular flexibility index (Phi) is 6.94. The highest BCUT2D eigenvalue weighted by atomic mass is 15.1. The molecule has 8 aromatic rings. The fraction of sp³-hybridized carbons (Fsp3) is 0.115. The Labute approximate surface area is 312 Å². The molecule has 53 heavy (non-hydrogen) atoms. The number of rotatable bonds is 5. The van der Waals surface area contributed by atoms with Crippen LogP contribution in [0.3, 0.4) is 0 Å². The molecule has 0 spiro atoms. The third-order valence-corrected chi connectivity index (χ3v) is 12.1. The summed E-state index contributed by atoms with van der Waals surface area (Å²) >= 11 is 0. The maximum atomic E-state index is 2.42. The normalized spacial score (nSPS) is 14.3. The van der Waals surface area contributed by atoms with E-state index in [-0.39, 0.29) is 10.8 Å². The van der Waals surface area contributed by atoms with Gasteiger partial charge in [-0.2, -0.15) is 0 Å². The van der Waals surface area contributed by atoms with Crippen LogP contribution in [-0.4, -0.2) is 0 Å². The van der Waals surface area contributed by atoms with Gasteiger partial charge >= 0.3 is 0 Å². The van der Waals surface area contributed by atoms with E-state index in [0.717, 1.165) is 17.1 Å². The van der Waals surface area contributed by atoms with E-state index < -0.39 is 0 Å². The molecule has 0 fully saturated rings. The van der Waals surface area contributed by atoms with Crippen molar-refractivity contribution in [3.8, 4) is 44.5 Å². The van der Waals surface area contributed by atoms with Gasteiger partial charge in [-0.25, -0.2) is 0 Å². The van der Waals surface area contributed by atoms with Crippen molar-refractivity contribution in [2.45, 2.75) is 38.5 Å². The van der Waals surface area contributed by atoms with Gasteiger partial charge in [-0.1, -0.05) is 167 Å². The summed E-state index contributed by atoms with van der Waals surface area (Å²) in [5.41, 5.74) is 19.2. The van der Waals surface area contributed by atoms with Crippen LogP contribution in [0.4, 0.5) is 17.1 Å². The lowest BCUT2D eigenvalue weighted by Gasteiger charge is -2.28. The maximum absolute atomic E-state index is 2.42. The Morgan fingerprint density at radius 3 is 1.55 bits per heavy atom. The number of hydrogen-bond donors (Lipinski definition) is 0. The molecule has 0 atom stereocenters. The first-order valence-electron chi connectivity index (χ1n) is 18.8. The lowest BCUT2D eigenvalue weighted by Crippen LogP contribution is -2.16. The summed E-state index contributed by atoms with van der Waals surface area (Å²) in [5, 5.41) is 2.64. The maximum Gasteiger partial charge on any atom is 0.0465 e.